The number of aryl methyl sites for hydroxylation is 1. The summed E-state index contributed by atoms with van der Waals surface area (Å²) in [5, 5.41) is 0. The maximum atomic E-state index is 12.0. The van der Waals surface area contributed by atoms with Crippen LogP contribution in [0.25, 0.3) is 11.0 Å². The van der Waals surface area contributed by atoms with E-state index in [1.807, 2.05) is 30.7 Å². The van der Waals surface area contributed by atoms with E-state index in [2.05, 4.69) is 21.6 Å². The van der Waals surface area contributed by atoms with E-state index in [-0.39, 0.29) is 11.9 Å². The highest BCUT2D eigenvalue weighted by molar-refractivity contribution is 7.71. The van der Waals surface area contributed by atoms with Crippen LogP contribution in [-0.4, -0.2) is 39.7 Å². The summed E-state index contributed by atoms with van der Waals surface area (Å²) in [5.41, 5.74) is 2.27. The van der Waals surface area contributed by atoms with E-state index in [1.165, 1.54) is 0 Å². The van der Waals surface area contributed by atoms with E-state index in [0.717, 1.165) is 48.4 Å². The van der Waals surface area contributed by atoms with Crippen LogP contribution < -0.4 is 0 Å². The Morgan fingerprint density at radius 2 is 2.09 bits per heavy atom. The van der Waals surface area contributed by atoms with Crippen molar-refractivity contribution in [3.8, 4) is 0 Å². The van der Waals surface area contributed by atoms with Crippen LogP contribution in [0.5, 0.6) is 0 Å². The fourth-order valence-corrected chi connectivity index (χ4v) is 3.59. The predicted octanol–water partition coefficient (Wildman–Crippen LogP) is 2.94. The van der Waals surface area contributed by atoms with Gasteiger partial charge in [-0.3, -0.25) is 9.69 Å². The Balaban J connectivity index is 1.81. The topological polar surface area (TPSA) is 39.4 Å². The molecule has 1 saturated heterocycles. The van der Waals surface area contributed by atoms with E-state index >= 15 is 0 Å². The number of carbonyl (C=O) groups excluding carboxylic acids is 1. The van der Waals surface area contributed by atoms with Gasteiger partial charge in [-0.05, 0) is 50.7 Å². The summed E-state index contributed by atoms with van der Waals surface area (Å²) < 4.78 is 10.2. The summed E-state index contributed by atoms with van der Waals surface area (Å²) in [7, 11) is 2.00. The summed E-state index contributed by atoms with van der Waals surface area (Å²) >= 11 is 5.59. The van der Waals surface area contributed by atoms with Crippen LogP contribution in [0, 0.1) is 10.7 Å². The third-order valence-corrected chi connectivity index (χ3v) is 5.01. The number of imidazole rings is 1. The molecular formula is C17H23N3O2S. The number of nitrogens with zero attached hydrogens (tertiary/aromatic N) is 3. The second-order valence-corrected chi connectivity index (χ2v) is 6.43. The first-order valence-electron chi connectivity index (χ1n) is 8.15. The summed E-state index contributed by atoms with van der Waals surface area (Å²) in [6.07, 6.45) is 1.93. The molecule has 0 bridgehead atoms. The van der Waals surface area contributed by atoms with Crippen LogP contribution in [0.1, 0.15) is 19.8 Å². The molecule has 1 aliphatic rings. The Bertz CT molecular complexity index is 765. The number of esters is 1. The second-order valence-electron chi connectivity index (χ2n) is 6.07. The Hall–Kier alpha value is -1.66. The molecule has 0 saturated carbocycles. The molecule has 6 heteroatoms. The van der Waals surface area contributed by atoms with Crippen LogP contribution in [-0.2, 0) is 23.2 Å². The summed E-state index contributed by atoms with van der Waals surface area (Å²) in [6.45, 7) is 4.75. The maximum Gasteiger partial charge on any atom is 0.310 e. The van der Waals surface area contributed by atoms with Crippen molar-refractivity contribution in [1.82, 2.24) is 14.0 Å². The highest BCUT2D eigenvalue weighted by Gasteiger charge is 2.27. The normalized spacial score (nSPS) is 19.1. The van der Waals surface area contributed by atoms with Crippen LogP contribution in [0.15, 0.2) is 24.3 Å². The lowest BCUT2D eigenvalue weighted by atomic mass is 9.98. The predicted molar refractivity (Wildman–Crippen MR) is 92.7 cm³/mol. The summed E-state index contributed by atoms with van der Waals surface area (Å²) in [6, 6.07) is 8.24. The van der Waals surface area contributed by atoms with Crippen molar-refractivity contribution < 1.29 is 9.53 Å². The minimum absolute atomic E-state index is 0.0205. The highest BCUT2D eigenvalue weighted by atomic mass is 32.1. The van der Waals surface area contributed by atoms with Crippen molar-refractivity contribution in [2.24, 2.45) is 13.0 Å². The number of aromatic nitrogens is 2. The third-order valence-electron chi connectivity index (χ3n) is 4.52. The highest BCUT2D eigenvalue weighted by Crippen LogP contribution is 2.21. The molecular weight excluding hydrogens is 310 g/mol. The first-order chi connectivity index (χ1) is 11.1. The molecule has 0 amide bonds. The van der Waals surface area contributed by atoms with Gasteiger partial charge >= 0.3 is 5.97 Å². The second kappa shape index (κ2) is 6.84. The fourth-order valence-electron chi connectivity index (χ4n) is 3.34. The number of benzene rings is 1. The van der Waals surface area contributed by atoms with Gasteiger partial charge in [0.1, 0.15) is 0 Å². The number of carbonyl (C=O) groups is 1. The first kappa shape index (κ1) is 16.2. The number of para-hydroxylation sites is 2. The van der Waals surface area contributed by atoms with Crippen LogP contribution in [0.3, 0.4) is 0 Å². The molecule has 0 radical (unpaired) electrons. The zero-order chi connectivity index (χ0) is 16.4. The van der Waals surface area contributed by atoms with Crippen molar-refractivity contribution in [2.45, 2.75) is 26.4 Å². The van der Waals surface area contributed by atoms with Gasteiger partial charge in [0.15, 0.2) is 4.77 Å². The monoisotopic (exact) mass is 333 g/mol. The van der Waals surface area contributed by atoms with Crippen molar-refractivity contribution in [3.63, 3.8) is 0 Å². The molecule has 1 aliphatic heterocycles. The van der Waals surface area contributed by atoms with Crippen molar-refractivity contribution in [1.29, 1.82) is 0 Å². The average molecular weight is 333 g/mol. The van der Waals surface area contributed by atoms with E-state index in [0.29, 0.717) is 6.61 Å². The number of likely N-dealkylation sites (tertiary alicyclic amines) is 1. The zero-order valence-corrected chi connectivity index (χ0v) is 14.5. The van der Waals surface area contributed by atoms with Gasteiger partial charge in [0.25, 0.3) is 0 Å². The number of piperidine rings is 1. The molecule has 2 heterocycles. The molecule has 2 aromatic rings. The van der Waals surface area contributed by atoms with Crippen molar-refractivity contribution >= 4 is 29.2 Å². The molecule has 1 atom stereocenters. The fraction of sp³-hybridized carbons (Fsp3) is 0.529. The smallest absolute Gasteiger partial charge is 0.310 e. The van der Waals surface area contributed by atoms with Gasteiger partial charge in [-0.15, -0.1) is 0 Å². The number of fused-ring (bicyclic) bond motifs is 1. The van der Waals surface area contributed by atoms with Gasteiger partial charge in [0.05, 0.1) is 30.2 Å². The number of hydrogen-bond acceptors (Lipinski definition) is 4. The quantitative estimate of drug-likeness (QED) is 0.637. The molecule has 1 aromatic heterocycles. The zero-order valence-electron chi connectivity index (χ0n) is 13.7. The van der Waals surface area contributed by atoms with Crippen molar-refractivity contribution in [3.05, 3.63) is 29.0 Å². The SMILES string of the molecule is CCOC(=O)[C@H]1CCCN(Cn2c(=S)n(C)c3ccccc32)C1. The lowest BCUT2D eigenvalue weighted by molar-refractivity contribution is -0.150. The molecule has 3 rings (SSSR count). The molecule has 1 fully saturated rings. The lowest BCUT2D eigenvalue weighted by Crippen LogP contribution is -2.40. The number of hydrogen-bond donors (Lipinski definition) is 0. The molecule has 23 heavy (non-hydrogen) atoms. The van der Waals surface area contributed by atoms with E-state index in [4.69, 9.17) is 17.0 Å². The van der Waals surface area contributed by atoms with Gasteiger partial charge in [-0.1, -0.05) is 12.1 Å². The molecule has 124 valence electrons. The molecule has 0 spiro atoms. The Labute approximate surface area is 141 Å². The van der Waals surface area contributed by atoms with Crippen LogP contribution >= 0.6 is 12.2 Å². The largest absolute Gasteiger partial charge is 0.466 e. The number of rotatable bonds is 4. The van der Waals surface area contributed by atoms with E-state index < -0.39 is 0 Å². The van der Waals surface area contributed by atoms with E-state index in [1.54, 1.807) is 0 Å². The Kier molecular flexibility index (Phi) is 4.82. The first-order valence-corrected chi connectivity index (χ1v) is 8.56. The average Bonchev–Trinajstić information content (AvgIpc) is 2.81. The maximum absolute atomic E-state index is 12.0. The standard InChI is InChI=1S/C17H23N3O2S/c1-3-22-16(21)13-7-6-10-19(11-13)12-20-15-9-5-4-8-14(15)18(2)17(20)23/h4-5,8-9,13H,3,6-7,10-12H2,1-2H3/t13-/m0/s1. The molecule has 0 unspecified atom stereocenters. The summed E-state index contributed by atoms with van der Waals surface area (Å²) in [5.74, 6) is -0.0911. The van der Waals surface area contributed by atoms with Gasteiger partial charge in [0, 0.05) is 13.6 Å². The summed E-state index contributed by atoms with van der Waals surface area (Å²) in [4.78, 5) is 14.3. The van der Waals surface area contributed by atoms with Gasteiger partial charge in [-0.25, -0.2) is 0 Å². The Morgan fingerprint density at radius 3 is 2.83 bits per heavy atom. The van der Waals surface area contributed by atoms with Gasteiger partial charge < -0.3 is 13.9 Å². The molecule has 1 aromatic carbocycles. The third kappa shape index (κ3) is 3.19. The minimum atomic E-state index is -0.0706. The molecule has 0 N–H and O–H groups in total. The lowest BCUT2D eigenvalue weighted by Gasteiger charge is -2.31. The van der Waals surface area contributed by atoms with Gasteiger partial charge in [0.2, 0.25) is 0 Å². The molecule has 0 aliphatic carbocycles. The number of ether oxygens (including phenoxy) is 1. The molecule has 5 nitrogen and oxygen atoms in total. The van der Waals surface area contributed by atoms with Gasteiger partial charge in [-0.2, -0.15) is 0 Å². The van der Waals surface area contributed by atoms with Crippen LogP contribution in [0.2, 0.25) is 0 Å². The van der Waals surface area contributed by atoms with Crippen LogP contribution in [0.4, 0.5) is 0 Å². The van der Waals surface area contributed by atoms with E-state index in [9.17, 15) is 4.79 Å². The minimum Gasteiger partial charge on any atom is -0.466 e. The Morgan fingerprint density at radius 1 is 1.35 bits per heavy atom. The van der Waals surface area contributed by atoms with Crippen molar-refractivity contribution in [2.75, 3.05) is 19.7 Å².